The van der Waals surface area contributed by atoms with E-state index in [9.17, 15) is 4.79 Å². The van der Waals surface area contributed by atoms with Gasteiger partial charge in [-0.25, -0.2) is 4.98 Å². The molecule has 0 aliphatic carbocycles. The third kappa shape index (κ3) is 1.77. The third-order valence-corrected chi connectivity index (χ3v) is 1.96. The van der Waals surface area contributed by atoms with Crippen molar-refractivity contribution < 1.29 is 6.17 Å². The molecule has 0 spiro atoms. The molecular weight excluding hydrogens is 166 g/mol. The Labute approximate surface area is 78.0 Å². The molecular formula is C9H11N3O. The molecule has 1 aliphatic rings. The Bertz CT molecular complexity index is 338. The number of hydrogen-bond acceptors (Lipinski definition) is 3. The van der Waals surface area contributed by atoms with E-state index in [-0.39, 0.29) is 5.91 Å². The molecule has 1 fully saturated rings. The predicted molar refractivity (Wildman–Crippen MR) is 49.5 cm³/mol. The highest BCUT2D eigenvalue weighted by atomic mass is 16.2. The quantitative estimate of drug-likeness (QED) is 0.659. The Morgan fingerprint density at radius 3 is 3.31 bits per heavy atom. The van der Waals surface area contributed by atoms with Crippen LogP contribution in [0, 0.1) is 0 Å². The first kappa shape index (κ1) is 6.88. The second-order valence-corrected chi connectivity index (χ2v) is 2.89. The molecule has 68 valence electrons. The summed E-state index contributed by atoms with van der Waals surface area (Å²) < 4.78 is 7.28. The predicted octanol–water partition coefficient (Wildman–Crippen LogP) is 0.0178. The van der Waals surface area contributed by atoms with Gasteiger partial charge in [-0.05, 0) is 12.1 Å². The standard InChI is InChI=1S/C9H11N3O/c13-9-7-12(6-5-11-9)8-3-1-2-4-10-8/h1-4H,5-7H2,(H,11,13)/i2D. The lowest BCUT2D eigenvalue weighted by Gasteiger charge is -2.27. The number of nitrogens with zero attached hydrogens (tertiary/aromatic N) is 2. The molecule has 13 heavy (non-hydrogen) atoms. The van der Waals surface area contributed by atoms with Crippen molar-refractivity contribution in [3.8, 4) is 0 Å². The molecule has 4 heteroatoms. The zero-order chi connectivity index (χ0) is 9.97. The third-order valence-electron chi connectivity index (χ3n) is 1.96. The number of rotatable bonds is 1. The van der Waals surface area contributed by atoms with Crippen molar-refractivity contribution in [2.75, 3.05) is 24.5 Å². The zero-order valence-corrected chi connectivity index (χ0v) is 7.16. The van der Waals surface area contributed by atoms with Crippen molar-refractivity contribution >= 4 is 11.7 Å². The summed E-state index contributed by atoms with van der Waals surface area (Å²) in [7, 11) is 0. The van der Waals surface area contributed by atoms with Crippen molar-refractivity contribution in [3.05, 3.63) is 24.4 Å². The first-order valence-electron chi connectivity index (χ1n) is 4.70. The molecule has 0 unspecified atom stereocenters. The van der Waals surface area contributed by atoms with Crippen LogP contribution in [0.4, 0.5) is 5.82 Å². The van der Waals surface area contributed by atoms with E-state index in [1.807, 2.05) is 4.90 Å². The van der Waals surface area contributed by atoms with Gasteiger partial charge in [0.1, 0.15) is 5.82 Å². The van der Waals surface area contributed by atoms with Crippen LogP contribution in [0.5, 0.6) is 0 Å². The lowest BCUT2D eigenvalue weighted by molar-refractivity contribution is -0.120. The largest absolute Gasteiger partial charge is 0.353 e. The number of piperazine rings is 1. The zero-order valence-electron chi connectivity index (χ0n) is 8.16. The van der Waals surface area contributed by atoms with E-state index in [0.29, 0.717) is 19.1 Å². The van der Waals surface area contributed by atoms with E-state index >= 15 is 0 Å². The Morgan fingerprint density at radius 2 is 2.62 bits per heavy atom. The minimum atomic E-state index is 0.0213. The number of carbonyl (C=O) groups is 1. The molecule has 0 atom stereocenters. The van der Waals surface area contributed by atoms with Gasteiger partial charge in [0.25, 0.3) is 0 Å². The number of carbonyl (C=O) groups excluding carboxylic acids is 1. The summed E-state index contributed by atoms with van der Waals surface area (Å²) in [5, 5.41) is 2.75. The van der Waals surface area contributed by atoms with Crippen LogP contribution in [0.3, 0.4) is 0 Å². The number of nitrogens with one attached hydrogen (secondary N) is 1. The molecule has 1 saturated heterocycles. The van der Waals surface area contributed by atoms with E-state index < -0.39 is 0 Å². The first-order chi connectivity index (χ1) is 6.75. The number of aromatic nitrogens is 1. The maximum Gasteiger partial charge on any atom is 0.239 e. The topological polar surface area (TPSA) is 45.2 Å². The maximum atomic E-state index is 11.1. The molecule has 0 saturated carbocycles. The van der Waals surface area contributed by atoms with Crippen LogP contribution in [0.25, 0.3) is 0 Å². The van der Waals surface area contributed by atoms with Gasteiger partial charge in [0.05, 0.1) is 7.92 Å². The second-order valence-electron chi connectivity index (χ2n) is 2.89. The molecule has 0 aromatic carbocycles. The Morgan fingerprint density at radius 1 is 1.69 bits per heavy atom. The van der Waals surface area contributed by atoms with Crippen LogP contribution >= 0.6 is 0 Å². The fourth-order valence-electron chi connectivity index (χ4n) is 1.33. The van der Waals surface area contributed by atoms with Crippen molar-refractivity contribution in [2.45, 2.75) is 0 Å². The minimum Gasteiger partial charge on any atom is -0.353 e. The van der Waals surface area contributed by atoms with E-state index in [1.165, 1.54) is 6.20 Å². The van der Waals surface area contributed by atoms with Gasteiger partial charge < -0.3 is 10.2 Å². The van der Waals surface area contributed by atoms with E-state index in [4.69, 9.17) is 1.37 Å². The summed E-state index contributed by atoms with van der Waals surface area (Å²) in [5.74, 6) is 0.781. The molecule has 1 N–H and O–H groups in total. The average Bonchev–Trinajstić information content (AvgIpc) is 2.19. The van der Waals surface area contributed by atoms with Gasteiger partial charge in [0.15, 0.2) is 0 Å². The highest BCUT2D eigenvalue weighted by Gasteiger charge is 2.16. The summed E-state index contributed by atoms with van der Waals surface area (Å²) in [6.07, 6.45) is 1.49. The van der Waals surface area contributed by atoms with Gasteiger partial charge in [0.2, 0.25) is 5.91 Å². The van der Waals surface area contributed by atoms with Crippen LogP contribution in [-0.2, 0) is 4.79 Å². The highest BCUT2D eigenvalue weighted by molar-refractivity contribution is 5.82. The summed E-state index contributed by atoms with van der Waals surface area (Å²) in [6, 6.07) is 3.82. The number of amides is 1. The average molecular weight is 178 g/mol. The Balaban J connectivity index is 2.14. The van der Waals surface area contributed by atoms with Crippen molar-refractivity contribution in [1.29, 1.82) is 0 Å². The summed E-state index contributed by atoms with van der Waals surface area (Å²) in [4.78, 5) is 17.1. The van der Waals surface area contributed by atoms with Crippen molar-refractivity contribution in [3.63, 3.8) is 0 Å². The Kier molecular flexibility index (Phi) is 1.82. The number of pyridine rings is 1. The van der Waals surface area contributed by atoms with Crippen LogP contribution in [0.2, 0.25) is 0 Å². The molecule has 0 bridgehead atoms. The van der Waals surface area contributed by atoms with Crippen molar-refractivity contribution in [1.82, 2.24) is 10.3 Å². The molecule has 1 aromatic heterocycles. The van der Waals surface area contributed by atoms with Gasteiger partial charge >= 0.3 is 0 Å². The highest BCUT2D eigenvalue weighted by Crippen LogP contribution is 2.09. The molecule has 2 heterocycles. The van der Waals surface area contributed by atoms with Crippen LogP contribution < -0.4 is 10.2 Å². The summed E-state index contributed by atoms with van der Waals surface area (Å²) in [6.45, 7) is 1.78. The number of hydrogen-bond donors (Lipinski definition) is 1. The van der Waals surface area contributed by atoms with Gasteiger partial charge in [0, 0.05) is 19.3 Å². The van der Waals surface area contributed by atoms with Crippen LogP contribution in [0.15, 0.2) is 24.4 Å². The molecule has 1 aromatic rings. The SMILES string of the molecule is [2H]c1ccc(N2CCNC(=O)C2)nc1. The normalized spacial score (nSPS) is 18.0. The van der Waals surface area contributed by atoms with E-state index in [0.717, 1.165) is 12.4 Å². The lowest BCUT2D eigenvalue weighted by atomic mass is 10.3. The smallest absolute Gasteiger partial charge is 0.239 e. The summed E-state index contributed by atoms with van der Waals surface area (Å²) in [5.41, 5.74) is 0. The maximum absolute atomic E-state index is 11.1. The minimum absolute atomic E-state index is 0.0213. The lowest BCUT2D eigenvalue weighted by Crippen LogP contribution is -2.47. The van der Waals surface area contributed by atoms with Gasteiger partial charge in [-0.1, -0.05) is 6.07 Å². The molecule has 1 amide bonds. The first-order valence-corrected chi connectivity index (χ1v) is 4.20. The van der Waals surface area contributed by atoms with Crippen LogP contribution in [-0.4, -0.2) is 30.5 Å². The number of anilines is 1. The van der Waals surface area contributed by atoms with Crippen molar-refractivity contribution in [2.24, 2.45) is 0 Å². The van der Waals surface area contributed by atoms with Crippen LogP contribution in [0.1, 0.15) is 1.37 Å². The van der Waals surface area contributed by atoms with Gasteiger partial charge in [-0.3, -0.25) is 4.79 Å². The Hall–Kier alpha value is -1.58. The van der Waals surface area contributed by atoms with Gasteiger partial charge in [-0.2, -0.15) is 0 Å². The van der Waals surface area contributed by atoms with E-state index in [2.05, 4.69) is 10.3 Å². The molecule has 2 rings (SSSR count). The monoisotopic (exact) mass is 178 g/mol. The second kappa shape index (κ2) is 3.43. The fourth-order valence-corrected chi connectivity index (χ4v) is 1.33. The molecule has 4 nitrogen and oxygen atoms in total. The summed E-state index contributed by atoms with van der Waals surface area (Å²) >= 11 is 0. The fraction of sp³-hybridized carbons (Fsp3) is 0.333. The van der Waals surface area contributed by atoms with E-state index in [1.54, 1.807) is 12.1 Å². The van der Waals surface area contributed by atoms with Gasteiger partial charge in [-0.15, -0.1) is 0 Å². The molecule has 1 aliphatic heterocycles. The molecule has 0 radical (unpaired) electrons.